The summed E-state index contributed by atoms with van der Waals surface area (Å²) >= 11 is 0. The van der Waals surface area contributed by atoms with Crippen molar-refractivity contribution >= 4 is 0 Å². The molecule has 1 nitrogen and oxygen atoms in total. The number of rotatable bonds is 27. The summed E-state index contributed by atoms with van der Waals surface area (Å²) in [6.45, 7) is 5.71. The summed E-state index contributed by atoms with van der Waals surface area (Å²) < 4.78 is 0. The smallest absolute Gasteiger partial charge is 0.0851 e. The summed E-state index contributed by atoms with van der Waals surface area (Å²) in [5, 5.41) is 9.06. The highest BCUT2D eigenvalue weighted by Gasteiger charge is 1.95. The summed E-state index contributed by atoms with van der Waals surface area (Å²) in [5.74, 6) is 0.344. The van der Waals surface area contributed by atoms with Crippen molar-refractivity contribution in [3.63, 3.8) is 0 Å². The molecule has 1 N–H and O–H groups in total. The van der Waals surface area contributed by atoms with Crippen molar-refractivity contribution in [3.05, 3.63) is 73.1 Å². The van der Waals surface area contributed by atoms with Crippen LogP contribution in [0.1, 0.15) is 148 Å². The molecular weight excluding hydrogens is 436 g/mol. The third kappa shape index (κ3) is 32.2. The molecule has 0 unspecified atom stereocenters. The van der Waals surface area contributed by atoms with Crippen LogP contribution in [-0.4, -0.2) is 5.11 Å². The molecule has 1 heteroatoms. The first-order valence-electron chi connectivity index (χ1n) is 15.4. The molecule has 0 bridgehead atoms. The molecule has 0 aromatic rings. The van der Waals surface area contributed by atoms with Crippen LogP contribution in [0, 0.1) is 0 Å². The van der Waals surface area contributed by atoms with Gasteiger partial charge in [-0.1, -0.05) is 158 Å². The molecule has 0 heterocycles. The number of aliphatic hydroxyl groups is 1. The Labute approximate surface area is 226 Å². The lowest BCUT2D eigenvalue weighted by atomic mass is 10.0. The number of unbranched alkanes of at least 4 members (excludes halogenated alkanes) is 15. The van der Waals surface area contributed by atoms with Crippen LogP contribution in [0.5, 0.6) is 0 Å². The van der Waals surface area contributed by atoms with Gasteiger partial charge in [-0.25, -0.2) is 0 Å². The molecule has 0 aliphatic carbocycles. The summed E-state index contributed by atoms with van der Waals surface area (Å²) in [5.41, 5.74) is 0. The van der Waals surface area contributed by atoms with Gasteiger partial charge in [0, 0.05) is 6.42 Å². The minimum absolute atomic E-state index is 0.344. The van der Waals surface area contributed by atoms with Crippen molar-refractivity contribution in [2.24, 2.45) is 0 Å². The van der Waals surface area contributed by atoms with Crippen LogP contribution in [0.15, 0.2) is 73.1 Å². The Bertz CT molecular complexity index is 590. The average molecular weight is 497 g/mol. The standard InChI is InChI=1S/C35H60O/c1-3-4-5-6-7-8-9-10-11-12-13-14-15-16-17-18-19-20-21-22-23-24-25-26-27-28-29-30-31-32-33-34-35(2)36/h4-5,7-8,10-11,13-14,16-17,36H,2-3,6,9,12,15,18-34H2,1H3/b5-4-,8-7-,11-10-,14-13-,17-16-. The molecule has 206 valence electrons. The zero-order chi connectivity index (χ0) is 26.2. The minimum Gasteiger partial charge on any atom is -0.513 e. The van der Waals surface area contributed by atoms with Crippen LogP contribution in [0.3, 0.4) is 0 Å². The van der Waals surface area contributed by atoms with Crippen molar-refractivity contribution in [3.8, 4) is 0 Å². The Balaban J connectivity index is 3.25. The van der Waals surface area contributed by atoms with E-state index in [4.69, 9.17) is 5.11 Å². The summed E-state index contributed by atoms with van der Waals surface area (Å²) in [7, 11) is 0. The molecule has 0 aromatic heterocycles. The van der Waals surface area contributed by atoms with Crippen LogP contribution < -0.4 is 0 Å². The lowest BCUT2D eigenvalue weighted by Crippen LogP contribution is -1.84. The maximum absolute atomic E-state index is 9.06. The van der Waals surface area contributed by atoms with Gasteiger partial charge in [0.15, 0.2) is 0 Å². The van der Waals surface area contributed by atoms with Gasteiger partial charge in [-0.2, -0.15) is 0 Å². The fourth-order valence-electron chi connectivity index (χ4n) is 4.26. The van der Waals surface area contributed by atoms with E-state index in [-0.39, 0.29) is 0 Å². The lowest BCUT2D eigenvalue weighted by Gasteiger charge is -2.03. The Morgan fingerprint density at radius 2 is 0.750 bits per heavy atom. The van der Waals surface area contributed by atoms with Crippen molar-refractivity contribution in [2.45, 2.75) is 148 Å². The first kappa shape index (κ1) is 34.2. The van der Waals surface area contributed by atoms with E-state index in [0.717, 1.165) is 44.9 Å². The second kappa shape index (κ2) is 31.3. The second-order valence-electron chi connectivity index (χ2n) is 10.1. The van der Waals surface area contributed by atoms with Gasteiger partial charge in [0.1, 0.15) is 0 Å². The SMILES string of the molecule is C=C(O)CCCCCCCCCCCCCCCCC/C=C\C/C=C\C/C=C\C/C=C\C/C=C\CC. The van der Waals surface area contributed by atoms with Gasteiger partial charge in [0.2, 0.25) is 0 Å². The van der Waals surface area contributed by atoms with E-state index in [0.29, 0.717) is 5.76 Å². The maximum atomic E-state index is 9.06. The van der Waals surface area contributed by atoms with E-state index >= 15 is 0 Å². The van der Waals surface area contributed by atoms with Crippen molar-refractivity contribution in [1.29, 1.82) is 0 Å². The van der Waals surface area contributed by atoms with E-state index in [1.54, 1.807) is 0 Å². The highest BCUT2D eigenvalue weighted by Crippen LogP contribution is 2.14. The third-order valence-corrected chi connectivity index (χ3v) is 6.49. The molecule has 0 radical (unpaired) electrons. The average Bonchev–Trinajstić information content (AvgIpc) is 2.87. The van der Waals surface area contributed by atoms with Gasteiger partial charge in [-0.15, -0.1) is 0 Å². The fraction of sp³-hybridized carbons (Fsp3) is 0.657. The van der Waals surface area contributed by atoms with Crippen molar-refractivity contribution in [1.82, 2.24) is 0 Å². The third-order valence-electron chi connectivity index (χ3n) is 6.49. The van der Waals surface area contributed by atoms with Gasteiger partial charge in [-0.05, 0) is 51.4 Å². The molecule has 0 saturated heterocycles. The lowest BCUT2D eigenvalue weighted by molar-refractivity contribution is 0.383. The normalized spacial score (nSPS) is 12.5. The first-order valence-corrected chi connectivity index (χ1v) is 15.4. The van der Waals surface area contributed by atoms with Crippen LogP contribution >= 0.6 is 0 Å². The molecule has 0 aliphatic rings. The number of hydrogen-bond acceptors (Lipinski definition) is 1. The highest BCUT2D eigenvalue weighted by atomic mass is 16.3. The quantitative estimate of drug-likeness (QED) is 0.0681. The molecule has 0 amide bonds. The Morgan fingerprint density at radius 1 is 0.444 bits per heavy atom. The minimum atomic E-state index is 0.344. The second-order valence-corrected chi connectivity index (χ2v) is 10.1. The predicted molar refractivity (Wildman–Crippen MR) is 165 cm³/mol. The first-order chi connectivity index (χ1) is 17.8. The van der Waals surface area contributed by atoms with Crippen LogP contribution in [-0.2, 0) is 0 Å². The van der Waals surface area contributed by atoms with E-state index in [9.17, 15) is 0 Å². The summed E-state index contributed by atoms with van der Waals surface area (Å²) in [6, 6.07) is 0. The van der Waals surface area contributed by atoms with Gasteiger partial charge < -0.3 is 5.11 Å². The van der Waals surface area contributed by atoms with Gasteiger partial charge in [0.25, 0.3) is 0 Å². The molecule has 0 aromatic carbocycles. The van der Waals surface area contributed by atoms with Crippen LogP contribution in [0.4, 0.5) is 0 Å². The van der Waals surface area contributed by atoms with E-state index in [2.05, 4.69) is 74.3 Å². The molecule has 0 fully saturated rings. The molecule has 0 aliphatic heterocycles. The van der Waals surface area contributed by atoms with Gasteiger partial charge in [-0.3, -0.25) is 0 Å². The molecule has 0 rings (SSSR count). The van der Waals surface area contributed by atoms with Crippen molar-refractivity contribution < 1.29 is 5.11 Å². The van der Waals surface area contributed by atoms with Crippen molar-refractivity contribution in [2.75, 3.05) is 0 Å². The van der Waals surface area contributed by atoms with Crippen LogP contribution in [0.25, 0.3) is 0 Å². The topological polar surface area (TPSA) is 20.2 Å². The fourth-order valence-corrected chi connectivity index (χ4v) is 4.26. The zero-order valence-corrected chi connectivity index (χ0v) is 24.0. The molecular formula is C35H60O. The van der Waals surface area contributed by atoms with E-state index in [1.165, 1.54) is 96.3 Å². The molecule has 0 atom stereocenters. The number of hydrogen-bond donors (Lipinski definition) is 1. The number of allylic oxidation sites excluding steroid dienone is 11. The van der Waals surface area contributed by atoms with Gasteiger partial charge >= 0.3 is 0 Å². The molecule has 0 saturated carbocycles. The Hall–Kier alpha value is -1.76. The maximum Gasteiger partial charge on any atom is 0.0851 e. The summed E-state index contributed by atoms with van der Waals surface area (Å²) in [6.07, 6.45) is 50.6. The molecule has 36 heavy (non-hydrogen) atoms. The monoisotopic (exact) mass is 496 g/mol. The largest absolute Gasteiger partial charge is 0.513 e. The highest BCUT2D eigenvalue weighted by molar-refractivity contribution is 5.00. The van der Waals surface area contributed by atoms with Crippen LogP contribution in [0.2, 0.25) is 0 Å². The van der Waals surface area contributed by atoms with E-state index < -0.39 is 0 Å². The molecule has 0 spiro atoms. The summed E-state index contributed by atoms with van der Waals surface area (Å²) in [4.78, 5) is 0. The Morgan fingerprint density at radius 3 is 1.11 bits per heavy atom. The van der Waals surface area contributed by atoms with E-state index in [1.807, 2.05) is 0 Å². The van der Waals surface area contributed by atoms with Gasteiger partial charge in [0.05, 0.1) is 5.76 Å². The number of aliphatic hydroxyl groups excluding tert-OH is 1. The zero-order valence-electron chi connectivity index (χ0n) is 24.0. The Kier molecular flexibility index (Phi) is 29.7. The predicted octanol–water partition coefficient (Wildman–Crippen LogP) is 12.4.